The summed E-state index contributed by atoms with van der Waals surface area (Å²) in [6.07, 6.45) is 4.41. The van der Waals surface area contributed by atoms with E-state index in [9.17, 15) is 0 Å². The van der Waals surface area contributed by atoms with Crippen molar-refractivity contribution in [1.29, 1.82) is 0 Å². The number of rotatable bonds is 1. The summed E-state index contributed by atoms with van der Waals surface area (Å²) in [5.74, 6) is 0.984. The zero-order valence-electron chi connectivity index (χ0n) is 6.16. The summed E-state index contributed by atoms with van der Waals surface area (Å²) in [7, 11) is 0. The molecule has 0 spiro atoms. The molecule has 62 valence electrons. The first kappa shape index (κ1) is 8.33. The number of halogens is 1. The summed E-state index contributed by atoms with van der Waals surface area (Å²) in [4.78, 5) is 2.24. The second kappa shape index (κ2) is 3.57. The maximum Gasteiger partial charge on any atom is 0.170 e. The van der Waals surface area contributed by atoms with Gasteiger partial charge in [0.05, 0.1) is 6.20 Å². The van der Waals surface area contributed by atoms with Crippen LogP contribution in [0.15, 0.2) is 6.20 Å². The SMILES string of the molecule is Cl.c1[nH]nnc1N1CCCC1. The fourth-order valence-electron chi connectivity index (χ4n) is 1.30. The molecule has 1 saturated heterocycles. The Bertz CT molecular complexity index is 192. The van der Waals surface area contributed by atoms with Crippen LogP contribution in [0.5, 0.6) is 0 Å². The summed E-state index contributed by atoms with van der Waals surface area (Å²) in [6.45, 7) is 2.26. The molecule has 0 saturated carbocycles. The number of aromatic nitrogens is 3. The average Bonchev–Trinajstić information content (AvgIpc) is 2.59. The number of hydrogen-bond acceptors (Lipinski definition) is 3. The van der Waals surface area contributed by atoms with Gasteiger partial charge < -0.3 is 4.90 Å². The van der Waals surface area contributed by atoms with Gasteiger partial charge in [-0.05, 0) is 12.8 Å². The third-order valence-corrected chi connectivity index (χ3v) is 1.83. The summed E-state index contributed by atoms with van der Waals surface area (Å²) < 4.78 is 0. The van der Waals surface area contributed by atoms with Gasteiger partial charge in [-0.25, -0.2) is 0 Å². The molecule has 1 N–H and O–H groups in total. The third kappa shape index (κ3) is 1.63. The van der Waals surface area contributed by atoms with E-state index in [0.717, 1.165) is 18.9 Å². The fourth-order valence-corrected chi connectivity index (χ4v) is 1.30. The quantitative estimate of drug-likeness (QED) is 0.686. The van der Waals surface area contributed by atoms with Crippen LogP contribution in [0.3, 0.4) is 0 Å². The highest BCUT2D eigenvalue weighted by Crippen LogP contribution is 2.14. The predicted octanol–water partition coefficient (Wildman–Crippen LogP) is 0.827. The fraction of sp³-hybridized carbons (Fsp3) is 0.667. The van der Waals surface area contributed by atoms with E-state index in [-0.39, 0.29) is 12.4 Å². The van der Waals surface area contributed by atoms with Crippen LogP contribution < -0.4 is 4.90 Å². The molecule has 0 radical (unpaired) electrons. The Kier molecular flexibility index (Phi) is 2.70. The van der Waals surface area contributed by atoms with E-state index in [4.69, 9.17) is 0 Å². The normalized spacial score (nSPS) is 16.5. The molecule has 0 amide bonds. The predicted molar refractivity (Wildman–Crippen MR) is 45.1 cm³/mol. The Balaban J connectivity index is 0.000000605. The summed E-state index contributed by atoms with van der Waals surface area (Å²) in [5.41, 5.74) is 0. The van der Waals surface area contributed by atoms with Crippen LogP contribution >= 0.6 is 12.4 Å². The number of hydrogen-bond donors (Lipinski definition) is 1. The van der Waals surface area contributed by atoms with Crippen molar-refractivity contribution in [3.63, 3.8) is 0 Å². The Morgan fingerprint density at radius 2 is 2.09 bits per heavy atom. The van der Waals surface area contributed by atoms with Gasteiger partial charge in [-0.2, -0.15) is 0 Å². The van der Waals surface area contributed by atoms with Crippen LogP contribution in [0.2, 0.25) is 0 Å². The van der Waals surface area contributed by atoms with Gasteiger partial charge in [0.2, 0.25) is 0 Å². The minimum atomic E-state index is 0. The summed E-state index contributed by atoms with van der Waals surface area (Å²) >= 11 is 0. The van der Waals surface area contributed by atoms with Crippen molar-refractivity contribution in [2.24, 2.45) is 0 Å². The number of nitrogens with zero attached hydrogens (tertiary/aromatic N) is 3. The van der Waals surface area contributed by atoms with Crippen LogP contribution in [-0.2, 0) is 0 Å². The molecule has 1 aliphatic rings. The molecule has 11 heavy (non-hydrogen) atoms. The van der Waals surface area contributed by atoms with Crippen molar-refractivity contribution in [1.82, 2.24) is 15.4 Å². The average molecular weight is 175 g/mol. The van der Waals surface area contributed by atoms with Gasteiger partial charge in [-0.1, -0.05) is 5.21 Å². The summed E-state index contributed by atoms with van der Waals surface area (Å²) in [6, 6.07) is 0. The van der Waals surface area contributed by atoms with Gasteiger partial charge in [0.15, 0.2) is 5.82 Å². The van der Waals surface area contributed by atoms with Crippen molar-refractivity contribution in [2.75, 3.05) is 18.0 Å². The highest BCUT2D eigenvalue weighted by atomic mass is 35.5. The van der Waals surface area contributed by atoms with Gasteiger partial charge in [0.1, 0.15) is 0 Å². The molecule has 1 aromatic heterocycles. The second-order valence-corrected chi connectivity index (χ2v) is 2.53. The van der Waals surface area contributed by atoms with E-state index in [2.05, 4.69) is 20.3 Å². The maximum atomic E-state index is 3.92. The Hall–Kier alpha value is -0.770. The van der Waals surface area contributed by atoms with Gasteiger partial charge in [-0.3, -0.25) is 5.10 Å². The lowest BCUT2D eigenvalue weighted by Crippen LogP contribution is -2.17. The highest BCUT2D eigenvalue weighted by molar-refractivity contribution is 5.85. The van der Waals surface area contributed by atoms with E-state index < -0.39 is 0 Å². The van der Waals surface area contributed by atoms with Crippen LogP contribution in [0, 0.1) is 0 Å². The molecule has 0 bridgehead atoms. The van der Waals surface area contributed by atoms with Gasteiger partial charge >= 0.3 is 0 Å². The Morgan fingerprint density at radius 3 is 2.64 bits per heavy atom. The molecule has 2 heterocycles. The number of anilines is 1. The van der Waals surface area contributed by atoms with Crippen molar-refractivity contribution >= 4 is 18.2 Å². The number of aromatic amines is 1. The lowest BCUT2D eigenvalue weighted by atomic mass is 10.4. The topological polar surface area (TPSA) is 44.8 Å². The van der Waals surface area contributed by atoms with Crippen molar-refractivity contribution in [2.45, 2.75) is 12.8 Å². The van der Waals surface area contributed by atoms with E-state index in [1.165, 1.54) is 12.8 Å². The zero-order chi connectivity index (χ0) is 6.81. The minimum Gasteiger partial charge on any atom is -0.354 e. The van der Waals surface area contributed by atoms with Gasteiger partial charge in [0.25, 0.3) is 0 Å². The molecule has 4 nitrogen and oxygen atoms in total. The molecule has 0 aliphatic carbocycles. The standard InChI is InChI=1S/C6H10N4.ClH/c1-2-4-10(3-1)6-5-7-9-8-6;/h5H,1-4H2,(H,7,8,9);1H. The van der Waals surface area contributed by atoms with Crippen LogP contribution in [0.4, 0.5) is 5.82 Å². The molecule has 1 aliphatic heterocycles. The lowest BCUT2D eigenvalue weighted by molar-refractivity contribution is 0.895. The second-order valence-electron chi connectivity index (χ2n) is 2.53. The molecule has 0 atom stereocenters. The highest BCUT2D eigenvalue weighted by Gasteiger charge is 2.13. The third-order valence-electron chi connectivity index (χ3n) is 1.83. The monoisotopic (exact) mass is 174 g/mol. The zero-order valence-corrected chi connectivity index (χ0v) is 6.97. The molecule has 0 unspecified atom stereocenters. The first-order chi connectivity index (χ1) is 4.97. The molecule has 5 heteroatoms. The first-order valence-electron chi connectivity index (χ1n) is 3.58. The van der Waals surface area contributed by atoms with E-state index >= 15 is 0 Å². The smallest absolute Gasteiger partial charge is 0.170 e. The molecule has 1 aromatic rings. The maximum absolute atomic E-state index is 3.92. The van der Waals surface area contributed by atoms with Gasteiger partial charge in [-0.15, -0.1) is 17.5 Å². The Labute approximate surface area is 71.4 Å². The number of nitrogens with one attached hydrogen (secondary N) is 1. The van der Waals surface area contributed by atoms with Crippen LogP contribution in [-0.4, -0.2) is 28.5 Å². The molecule has 2 rings (SSSR count). The van der Waals surface area contributed by atoms with Crippen LogP contribution in [0.1, 0.15) is 12.8 Å². The molecular formula is C6H11ClN4. The van der Waals surface area contributed by atoms with Crippen molar-refractivity contribution in [3.8, 4) is 0 Å². The molecular weight excluding hydrogens is 164 g/mol. The summed E-state index contributed by atoms with van der Waals surface area (Å²) in [5, 5.41) is 10.3. The van der Waals surface area contributed by atoms with E-state index in [1.54, 1.807) is 0 Å². The lowest BCUT2D eigenvalue weighted by Gasteiger charge is -2.11. The first-order valence-corrected chi connectivity index (χ1v) is 3.58. The van der Waals surface area contributed by atoms with E-state index in [1.807, 2.05) is 6.20 Å². The largest absolute Gasteiger partial charge is 0.354 e. The minimum absolute atomic E-state index is 0. The van der Waals surface area contributed by atoms with Gasteiger partial charge in [0, 0.05) is 13.1 Å². The Morgan fingerprint density at radius 1 is 1.36 bits per heavy atom. The molecule has 0 aromatic carbocycles. The van der Waals surface area contributed by atoms with Crippen LogP contribution in [0.25, 0.3) is 0 Å². The molecule has 1 fully saturated rings. The van der Waals surface area contributed by atoms with Crippen molar-refractivity contribution in [3.05, 3.63) is 6.20 Å². The number of H-pyrrole nitrogens is 1. The van der Waals surface area contributed by atoms with Crippen molar-refractivity contribution < 1.29 is 0 Å². The van der Waals surface area contributed by atoms with E-state index in [0.29, 0.717) is 0 Å².